The third-order valence-corrected chi connectivity index (χ3v) is 4.80. The zero-order chi connectivity index (χ0) is 15.4. The minimum atomic E-state index is 0.118. The van der Waals surface area contributed by atoms with Gasteiger partial charge in [-0.3, -0.25) is 14.4 Å². The topological polar surface area (TPSA) is 50.6 Å². The van der Waals surface area contributed by atoms with Crippen molar-refractivity contribution in [2.45, 2.75) is 19.3 Å². The smallest absolute Gasteiger partial charge is 0.272 e. The highest BCUT2D eigenvalue weighted by atomic mass is 16.5. The molecule has 1 atom stereocenters. The summed E-state index contributed by atoms with van der Waals surface area (Å²) in [5.41, 5.74) is 0.687. The van der Waals surface area contributed by atoms with Gasteiger partial charge in [0.25, 0.3) is 5.91 Å². The van der Waals surface area contributed by atoms with E-state index in [0.717, 1.165) is 58.8 Å². The maximum absolute atomic E-state index is 12.6. The summed E-state index contributed by atoms with van der Waals surface area (Å²) in [5, 5.41) is 4.10. The van der Waals surface area contributed by atoms with Crippen molar-refractivity contribution in [1.82, 2.24) is 19.6 Å². The SMILES string of the molecule is Cn1nccc1C(=O)N1CCCC(CN2CCOCC2)CC1. The van der Waals surface area contributed by atoms with E-state index < -0.39 is 0 Å². The number of aromatic nitrogens is 2. The number of morpholine rings is 1. The molecule has 2 aliphatic heterocycles. The standard InChI is InChI=1S/C16H26N4O2/c1-18-15(4-6-17-18)16(21)20-7-2-3-14(5-8-20)13-19-9-11-22-12-10-19/h4,6,14H,2-3,5,7-13H2,1H3. The van der Waals surface area contributed by atoms with Crippen molar-refractivity contribution in [3.63, 3.8) is 0 Å². The fraction of sp³-hybridized carbons (Fsp3) is 0.750. The van der Waals surface area contributed by atoms with Crippen LogP contribution in [0.3, 0.4) is 0 Å². The van der Waals surface area contributed by atoms with Gasteiger partial charge in [0.2, 0.25) is 0 Å². The number of carbonyl (C=O) groups is 1. The van der Waals surface area contributed by atoms with Crippen molar-refractivity contribution >= 4 is 5.91 Å². The Morgan fingerprint density at radius 1 is 1.27 bits per heavy atom. The van der Waals surface area contributed by atoms with Crippen molar-refractivity contribution < 1.29 is 9.53 Å². The van der Waals surface area contributed by atoms with Gasteiger partial charge in [0.15, 0.2) is 0 Å². The third kappa shape index (κ3) is 3.67. The number of hydrogen-bond acceptors (Lipinski definition) is 4. The molecule has 1 amide bonds. The molecule has 0 radical (unpaired) electrons. The number of ether oxygens (including phenoxy) is 1. The lowest BCUT2D eigenvalue weighted by molar-refractivity contribution is 0.0296. The van der Waals surface area contributed by atoms with E-state index in [1.165, 1.54) is 6.42 Å². The first-order chi connectivity index (χ1) is 10.7. The summed E-state index contributed by atoms with van der Waals surface area (Å²) < 4.78 is 7.08. The molecule has 0 N–H and O–H groups in total. The van der Waals surface area contributed by atoms with Gasteiger partial charge in [-0.25, -0.2) is 0 Å². The lowest BCUT2D eigenvalue weighted by Crippen LogP contribution is -2.39. The third-order valence-electron chi connectivity index (χ3n) is 4.80. The summed E-state index contributed by atoms with van der Waals surface area (Å²) in [6.07, 6.45) is 5.10. The van der Waals surface area contributed by atoms with Crippen LogP contribution in [-0.2, 0) is 11.8 Å². The van der Waals surface area contributed by atoms with Gasteiger partial charge in [0.05, 0.1) is 13.2 Å². The van der Waals surface area contributed by atoms with Crippen molar-refractivity contribution in [3.05, 3.63) is 18.0 Å². The summed E-state index contributed by atoms with van der Waals surface area (Å²) in [4.78, 5) is 17.1. The van der Waals surface area contributed by atoms with Gasteiger partial charge in [-0.1, -0.05) is 0 Å². The van der Waals surface area contributed by atoms with Gasteiger partial charge in [-0.2, -0.15) is 5.10 Å². The zero-order valence-electron chi connectivity index (χ0n) is 13.4. The Kier molecular flexibility index (Phi) is 5.10. The van der Waals surface area contributed by atoms with Crippen LogP contribution >= 0.6 is 0 Å². The van der Waals surface area contributed by atoms with Crippen LogP contribution in [0.5, 0.6) is 0 Å². The Bertz CT molecular complexity index is 496. The second-order valence-corrected chi connectivity index (χ2v) is 6.34. The van der Waals surface area contributed by atoms with E-state index in [1.807, 2.05) is 11.9 Å². The number of amides is 1. The first-order valence-corrected chi connectivity index (χ1v) is 8.31. The normalized spacial score (nSPS) is 24.2. The maximum Gasteiger partial charge on any atom is 0.272 e. The minimum absolute atomic E-state index is 0.118. The number of nitrogens with zero attached hydrogens (tertiary/aromatic N) is 4. The summed E-state index contributed by atoms with van der Waals surface area (Å²) in [5.74, 6) is 0.814. The molecule has 0 aromatic carbocycles. The maximum atomic E-state index is 12.6. The average Bonchev–Trinajstić information content (AvgIpc) is 2.82. The summed E-state index contributed by atoms with van der Waals surface area (Å²) in [7, 11) is 1.83. The second kappa shape index (κ2) is 7.24. The van der Waals surface area contributed by atoms with Crippen molar-refractivity contribution in [2.24, 2.45) is 13.0 Å². The van der Waals surface area contributed by atoms with Crippen LogP contribution in [0.4, 0.5) is 0 Å². The van der Waals surface area contributed by atoms with Gasteiger partial charge in [-0.15, -0.1) is 0 Å². The molecular weight excluding hydrogens is 280 g/mol. The van der Waals surface area contributed by atoms with Crippen LogP contribution < -0.4 is 0 Å². The molecule has 6 nitrogen and oxygen atoms in total. The van der Waals surface area contributed by atoms with Crippen LogP contribution in [0.2, 0.25) is 0 Å². The predicted octanol–water partition coefficient (Wildman–Crippen LogP) is 0.995. The first-order valence-electron chi connectivity index (χ1n) is 8.31. The van der Waals surface area contributed by atoms with Gasteiger partial charge >= 0.3 is 0 Å². The van der Waals surface area contributed by atoms with Gasteiger partial charge < -0.3 is 9.64 Å². The molecule has 0 aliphatic carbocycles. The molecular formula is C16H26N4O2. The number of rotatable bonds is 3. The lowest BCUT2D eigenvalue weighted by atomic mass is 10.00. The fourth-order valence-electron chi connectivity index (χ4n) is 3.45. The summed E-state index contributed by atoms with van der Waals surface area (Å²) in [6, 6.07) is 1.80. The molecule has 0 saturated carbocycles. The Balaban J connectivity index is 1.53. The summed E-state index contributed by atoms with van der Waals surface area (Å²) >= 11 is 0. The molecule has 2 fully saturated rings. The van der Waals surface area contributed by atoms with Crippen LogP contribution in [0.15, 0.2) is 12.3 Å². The molecule has 0 spiro atoms. The lowest BCUT2D eigenvalue weighted by Gasteiger charge is -2.30. The number of hydrogen-bond donors (Lipinski definition) is 0. The van der Waals surface area contributed by atoms with Crippen LogP contribution in [0.25, 0.3) is 0 Å². The fourth-order valence-corrected chi connectivity index (χ4v) is 3.45. The predicted molar refractivity (Wildman–Crippen MR) is 83.7 cm³/mol. The number of aryl methyl sites for hydroxylation is 1. The molecule has 3 heterocycles. The highest BCUT2D eigenvalue weighted by Crippen LogP contribution is 2.20. The molecule has 0 bridgehead atoms. The highest BCUT2D eigenvalue weighted by Gasteiger charge is 2.24. The van der Waals surface area contributed by atoms with Crippen LogP contribution in [0, 0.1) is 5.92 Å². The molecule has 2 aliphatic rings. The van der Waals surface area contributed by atoms with Crippen LogP contribution in [0.1, 0.15) is 29.8 Å². The monoisotopic (exact) mass is 306 g/mol. The van der Waals surface area contributed by atoms with Gasteiger partial charge in [0.1, 0.15) is 5.69 Å². The first kappa shape index (κ1) is 15.5. The largest absolute Gasteiger partial charge is 0.379 e. The van der Waals surface area contributed by atoms with Crippen molar-refractivity contribution in [3.8, 4) is 0 Å². The summed E-state index contributed by atoms with van der Waals surface area (Å²) in [6.45, 7) is 6.69. The quantitative estimate of drug-likeness (QED) is 0.836. The van der Waals surface area contributed by atoms with E-state index in [4.69, 9.17) is 4.74 Å². The number of likely N-dealkylation sites (tertiary alicyclic amines) is 1. The molecule has 1 aromatic rings. The molecule has 3 rings (SSSR count). The minimum Gasteiger partial charge on any atom is -0.379 e. The van der Waals surface area contributed by atoms with E-state index in [9.17, 15) is 4.79 Å². The van der Waals surface area contributed by atoms with Gasteiger partial charge in [-0.05, 0) is 31.2 Å². The average molecular weight is 306 g/mol. The van der Waals surface area contributed by atoms with Crippen LogP contribution in [-0.4, -0.2) is 71.4 Å². The second-order valence-electron chi connectivity index (χ2n) is 6.34. The van der Waals surface area contributed by atoms with E-state index in [2.05, 4.69) is 10.00 Å². The van der Waals surface area contributed by atoms with E-state index in [-0.39, 0.29) is 5.91 Å². The molecule has 122 valence electrons. The van der Waals surface area contributed by atoms with E-state index in [0.29, 0.717) is 11.6 Å². The molecule has 2 saturated heterocycles. The Morgan fingerprint density at radius 2 is 2.09 bits per heavy atom. The Morgan fingerprint density at radius 3 is 2.82 bits per heavy atom. The molecule has 1 unspecified atom stereocenters. The Labute approximate surface area is 132 Å². The van der Waals surface area contributed by atoms with E-state index in [1.54, 1.807) is 16.9 Å². The van der Waals surface area contributed by atoms with Crippen molar-refractivity contribution in [1.29, 1.82) is 0 Å². The Hall–Kier alpha value is -1.40. The van der Waals surface area contributed by atoms with Crippen molar-refractivity contribution in [2.75, 3.05) is 45.9 Å². The molecule has 6 heteroatoms. The number of carbonyl (C=O) groups excluding carboxylic acids is 1. The highest BCUT2D eigenvalue weighted by molar-refractivity contribution is 5.92. The van der Waals surface area contributed by atoms with Gasteiger partial charge in [0, 0.05) is 46.0 Å². The molecule has 1 aromatic heterocycles. The van der Waals surface area contributed by atoms with E-state index >= 15 is 0 Å². The zero-order valence-corrected chi connectivity index (χ0v) is 13.4. The molecule has 22 heavy (non-hydrogen) atoms.